The standard InChI is InChI=1S/C24H35ClN2O2/c1-19(16-24(2,3)4)14-23(28)27(12-13-29-5)18-22-10-7-11-26(22)17-20-8-6-9-21(25)15-20/h6-11,15,19H,12-14,16-18H2,1-5H3/t19-/m1/s1. The van der Waals surface area contributed by atoms with Crippen molar-refractivity contribution in [2.75, 3.05) is 20.3 Å². The van der Waals surface area contributed by atoms with E-state index in [2.05, 4.69) is 50.6 Å². The van der Waals surface area contributed by atoms with Gasteiger partial charge in [-0.15, -0.1) is 0 Å². The third kappa shape index (κ3) is 8.23. The third-order valence-electron chi connectivity index (χ3n) is 4.92. The molecule has 1 aromatic heterocycles. The molecule has 0 aliphatic rings. The first-order valence-electron chi connectivity index (χ1n) is 10.3. The topological polar surface area (TPSA) is 34.5 Å². The van der Waals surface area contributed by atoms with Gasteiger partial charge in [0.2, 0.25) is 5.91 Å². The van der Waals surface area contributed by atoms with Gasteiger partial charge in [-0.25, -0.2) is 0 Å². The second kappa shape index (κ2) is 10.8. The first-order valence-corrected chi connectivity index (χ1v) is 10.7. The van der Waals surface area contributed by atoms with Crippen LogP contribution in [-0.4, -0.2) is 35.6 Å². The second-order valence-electron chi connectivity index (χ2n) is 9.14. The van der Waals surface area contributed by atoms with E-state index in [4.69, 9.17) is 16.3 Å². The lowest BCUT2D eigenvalue weighted by atomic mass is 9.84. The zero-order valence-corrected chi connectivity index (χ0v) is 19.2. The van der Waals surface area contributed by atoms with Crippen molar-refractivity contribution in [2.45, 2.75) is 53.6 Å². The predicted octanol–water partition coefficient (Wildman–Crippen LogP) is 5.63. The highest BCUT2D eigenvalue weighted by molar-refractivity contribution is 6.30. The Bertz CT molecular complexity index is 779. The van der Waals surface area contributed by atoms with Crippen LogP contribution in [0.4, 0.5) is 0 Å². The van der Waals surface area contributed by atoms with E-state index >= 15 is 0 Å². The van der Waals surface area contributed by atoms with E-state index in [9.17, 15) is 4.79 Å². The van der Waals surface area contributed by atoms with Gasteiger partial charge in [0.15, 0.2) is 0 Å². The lowest BCUT2D eigenvalue weighted by Crippen LogP contribution is -2.35. The molecule has 0 bridgehead atoms. The summed E-state index contributed by atoms with van der Waals surface area (Å²) in [4.78, 5) is 15.0. The monoisotopic (exact) mass is 418 g/mol. The second-order valence-corrected chi connectivity index (χ2v) is 9.58. The molecule has 1 amide bonds. The molecule has 29 heavy (non-hydrogen) atoms. The van der Waals surface area contributed by atoms with E-state index < -0.39 is 0 Å². The Balaban J connectivity index is 2.08. The van der Waals surface area contributed by atoms with Crippen molar-refractivity contribution in [1.29, 1.82) is 0 Å². The van der Waals surface area contributed by atoms with Crippen molar-refractivity contribution in [3.05, 3.63) is 58.9 Å². The molecular formula is C24H35ClN2O2. The minimum atomic E-state index is 0.189. The summed E-state index contributed by atoms with van der Waals surface area (Å²) >= 11 is 6.13. The van der Waals surface area contributed by atoms with Crippen LogP contribution < -0.4 is 0 Å². The van der Waals surface area contributed by atoms with Crippen LogP contribution in [0.1, 0.15) is 51.8 Å². The number of halogens is 1. The van der Waals surface area contributed by atoms with E-state index in [1.165, 1.54) is 0 Å². The molecule has 0 saturated heterocycles. The molecule has 1 heterocycles. The van der Waals surface area contributed by atoms with Crippen molar-refractivity contribution >= 4 is 17.5 Å². The molecule has 160 valence electrons. The molecule has 1 atom stereocenters. The highest BCUT2D eigenvalue weighted by atomic mass is 35.5. The number of benzene rings is 1. The minimum Gasteiger partial charge on any atom is -0.383 e. The van der Waals surface area contributed by atoms with Crippen molar-refractivity contribution in [3.63, 3.8) is 0 Å². The lowest BCUT2D eigenvalue weighted by molar-refractivity contribution is -0.133. The summed E-state index contributed by atoms with van der Waals surface area (Å²) in [5.41, 5.74) is 2.48. The van der Waals surface area contributed by atoms with Gasteiger partial charge in [0.05, 0.1) is 13.2 Å². The van der Waals surface area contributed by atoms with Crippen molar-refractivity contribution in [3.8, 4) is 0 Å². The number of rotatable bonds is 10. The predicted molar refractivity (Wildman–Crippen MR) is 120 cm³/mol. The van der Waals surface area contributed by atoms with E-state index in [1.807, 2.05) is 29.2 Å². The summed E-state index contributed by atoms with van der Waals surface area (Å²) in [6.45, 7) is 11.3. The zero-order valence-electron chi connectivity index (χ0n) is 18.5. The molecular weight excluding hydrogens is 384 g/mol. The smallest absolute Gasteiger partial charge is 0.223 e. The molecule has 5 heteroatoms. The Morgan fingerprint density at radius 1 is 1.24 bits per heavy atom. The van der Waals surface area contributed by atoms with Crippen LogP contribution in [-0.2, 0) is 22.6 Å². The molecule has 0 aliphatic heterocycles. The Morgan fingerprint density at radius 2 is 2.00 bits per heavy atom. The quantitative estimate of drug-likeness (QED) is 0.501. The maximum atomic E-state index is 13.0. The van der Waals surface area contributed by atoms with Crippen LogP contribution in [0.15, 0.2) is 42.6 Å². The zero-order chi connectivity index (χ0) is 21.4. The fourth-order valence-corrected chi connectivity index (χ4v) is 4.03. The third-order valence-corrected chi connectivity index (χ3v) is 5.16. The fourth-order valence-electron chi connectivity index (χ4n) is 3.81. The van der Waals surface area contributed by atoms with Gasteiger partial charge in [-0.2, -0.15) is 0 Å². The molecule has 0 fully saturated rings. The van der Waals surface area contributed by atoms with Gasteiger partial charge in [-0.3, -0.25) is 4.79 Å². The Hall–Kier alpha value is -1.78. The number of nitrogens with zero attached hydrogens (tertiary/aromatic N) is 2. The van der Waals surface area contributed by atoms with Crippen LogP contribution >= 0.6 is 11.6 Å². The number of ether oxygens (including phenoxy) is 1. The van der Waals surface area contributed by atoms with Crippen LogP contribution in [0, 0.1) is 11.3 Å². The first kappa shape index (κ1) is 23.5. The number of hydrogen-bond donors (Lipinski definition) is 0. The molecule has 0 saturated carbocycles. The fraction of sp³-hybridized carbons (Fsp3) is 0.542. The molecule has 2 aromatic rings. The van der Waals surface area contributed by atoms with Gasteiger partial charge in [-0.1, -0.05) is 51.4 Å². The van der Waals surface area contributed by atoms with Crippen molar-refractivity contribution in [1.82, 2.24) is 9.47 Å². The number of carbonyl (C=O) groups is 1. The average Bonchev–Trinajstić information content (AvgIpc) is 3.03. The molecule has 0 aliphatic carbocycles. The summed E-state index contributed by atoms with van der Waals surface area (Å²) in [6, 6.07) is 12.0. The van der Waals surface area contributed by atoms with Gasteiger partial charge in [0, 0.05) is 43.5 Å². The summed E-state index contributed by atoms with van der Waals surface area (Å²) in [6.07, 6.45) is 3.65. The van der Waals surface area contributed by atoms with Gasteiger partial charge in [0.1, 0.15) is 0 Å². The van der Waals surface area contributed by atoms with Gasteiger partial charge < -0.3 is 14.2 Å². The maximum absolute atomic E-state index is 13.0. The summed E-state index contributed by atoms with van der Waals surface area (Å²) < 4.78 is 7.43. The molecule has 0 spiro atoms. The van der Waals surface area contributed by atoms with E-state index in [1.54, 1.807) is 7.11 Å². The molecule has 1 aromatic carbocycles. The highest BCUT2D eigenvalue weighted by Crippen LogP contribution is 2.26. The SMILES string of the molecule is COCCN(Cc1cccn1Cc1cccc(Cl)c1)C(=O)C[C@@H](C)CC(C)(C)C. The van der Waals surface area contributed by atoms with E-state index in [-0.39, 0.29) is 11.3 Å². The number of hydrogen-bond acceptors (Lipinski definition) is 2. The summed E-state index contributed by atoms with van der Waals surface area (Å²) in [7, 11) is 1.67. The maximum Gasteiger partial charge on any atom is 0.223 e. The first-order chi connectivity index (χ1) is 13.7. The number of methoxy groups -OCH3 is 1. The van der Waals surface area contributed by atoms with Gasteiger partial charge in [-0.05, 0) is 47.6 Å². The lowest BCUT2D eigenvalue weighted by Gasteiger charge is -2.27. The Kier molecular flexibility index (Phi) is 8.79. The summed E-state index contributed by atoms with van der Waals surface area (Å²) in [5.74, 6) is 0.542. The molecule has 4 nitrogen and oxygen atoms in total. The van der Waals surface area contributed by atoms with E-state index in [0.717, 1.165) is 29.2 Å². The van der Waals surface area contributed by atoms with Crippen LogP contribution in [0.3, 0.4) is 0 Å². The summed E-state index contributed by atoms with van der Waals surface area (Å²) in [5, 5.41) is 0.737. The van der Waals surface area contributed by atoms with Gasteiger partial charge >= 0.3 is 0 Å². The number of aromatic nitrogens is 1. The highest BCUT2D eigenvalue weighted by Gasteiger charge is 2.22. The minimum absolute atomic E-state index is 0.189. The van der Waals surface area contributed by atoms with Crippen molar-refractivity contribution in [2.24, 2.45) is 11.3 Å². The average molecular weight is 419 g/mol. The largest absolute Gasteiger partial charge is 0.383 e. The molecule has 2 rings (SSSR count). The molecule has 0 N–H and O–H groups in total. The number of amides is 1. The molecule has 0 unspecified atom stereocenters. The van der Waals surface area contributed by atoms with E-state index in [0.29, 0.717) is 32.0 Å². The van der Waals surface area contributed by atoms with Crippen molar-refractivity contribution < 1.29 is 9.53 Å². The number of carbonyl (C=O) groups excluding carboxylic acids is 1. The molecule has 0 radical (unpaired) electrons. The van der Waals surface area contributed by atoms with Crippen LogP contribution in [0.25, 0.3) is 0 Å². The van der Waals surface area contributed by atoms with Crippen LogP contribution in [0.2, 0.25) is 5.02 Å². The Morgan fingerprint density at radius 3 is 2.66 bits per heavy atom. The van der Waals surface area contributed by atoms with Crippen LogP contribution in [0.5, 0.6) is 0 Å². The van der Waals surface area contributed by atoms with Gasteiger partial charge in [0.25, 0.3) is 0 Å². The normalized spacial score (nSPS) is 12.8. The Labute approximate surface area is 180 Å².